The van der Waals surface area contributed by atoms with E-state index in [1.54, 1.807) is 0 Å². The highest BCUT2D eigenvalue weighted by Crippen LogP contribution is 1.94. The van der Waals surface area contributed by atoms with Crippen molar-refractivity contribution in [2.24, 2.45) is 0 Å². The van der Waals surface area contributed by atoms with Crippen LogP contribution >= 0.6 is 0 Å². The second-order valence-corrected chi connectivity index (χ2v) is 3.03. The van der Waals surface area contributed by atoms with Crippen molar-refractivity contribution in [3.8, 4) is 0 Å². The Hall–Kier alpha value is -1.10. The van der Waals surface area contributed by atoms with Gasteiger partial charge in [0.1, 0.15) is 0 Å². The third kappa shape index (κ3) is 8.99. The van der Waals surface area contributed by atoms with Gasteiger partial charge in [-0.1, -0.05) is 0 Å². The zero-order valence-electron chi connectivity index (χ0n) is 8.16. The number of aliphatic hydroxyl groups is 1. The van der Waals surface area contributed by atoms with Crippen molar-refractivity contribution in [3.05, 3.63) is 0 Å². The van der Waals surface area contributed by atoms with Crippen molar-refractivity contribution in [2.75, 3.05) is 13.2 Å². The summed E-state index contributed by atoms with van der Waals surface area (Å²) in [5.41, 5.74) is 0. The molecule has 0 spiro atoms. The number of carboxylic acid groups (broad SMARTS) is 1. The van der Waals surface area contributed by atoms with E-state index in [1.807, 2.05) is 0 Å². The second kappa shape index (κ2) is 8.50. The summed E-state index contributed by atoms with van der Waals surface area (Å²) in [7, 11) is 0. The van der Waals surface area contributed by atoms with Crippen LogP contribution in [0.25, 0.3) is 0 Å². The lowest BCUT2D eigenvalue weighted by atomic mass is 10.2. The average Bonchev–Trinajstić information content (AvgIpc) is 2.13. The number of unbranched alkanes of at least 4 members (excludes halogenated alkanes) is 1. The minimum absolute atomic E-state index is 0.0798. The first kappa shape index (κ1) is 12.9. The summed E-state index contributed by atoms with van der Waals surface area (Å²) in [6.07, 6.45) is 2.23. The lowest BCUT2D eigenvalue weighted by molar-refractivity contribution is -0.137. The van der Waals surface area contributed by atoms with Crippen LogP contribution < -0.4 is 5.32 Å². The maximum atomic E-state index is 11.0. The molecular formula is C9H17NO4. The highest BCUT2D eigenvalue weighted by Gasteiger charge is 2.01. The highest BCUT2D eigenvalue weighted by atomic mass is 16.4. The molecule has 0 unspecified atom stereocenters. The number of aliphatic hydroxyl groups excluding tert-OH is 1. The van der Waals surface area contributed by atoms with Gasteiger partial charge in [0.15, 0.2) is 0 Å². The first-order valence-corrected chi connectivity index (χ1v) is 4.76. The lowest BCUT2D eigenvalue weighted by Gasteiger charge is -2.02. The number of nitrogens with one attached hydrogen (secondary N) is 1. The highest BCUT2D eigenvalue weighted by molar-refractivity contribution is 5.75. The Morgan fingerprint density at radius 1 is 1.07 bits per heavy atom. The molecule has 0 radical (unpaired) electrons. The molecule has 3 N–H and O–H groups in total. The topological polar surface area (TPSA) is 86.6 Å². The number of amides is 1. The molecule has 0 saturated heterocycles. The Labute approximate surface area is 83.1 Å². The number of rotatable bonds is 8. The fourth-order valence-electron chi connectivity index (χ4n) is 0.953. The van der Waals surface area contributed by atoms with Gasteiger partial charge in [0.2, 0.25) is 5.91 Å². The zero-order chi connectivity index (χ0) is 10.8. The largest absolute Gasteiger partial charge is 0.481 e. The molecule has 0 aromatic heterocycles. The molecule has 0 aliphatic carbocycles. The Kier molecular flexibility index (Phi) is 7.83. The molecule has 0 aromatic carbocycles. The summed E-state index contributed by atoms with van der Waals surface area (Å²) in [6, 6.07) is 0. The van der Waals surface area contributed by atoms with Crippen LogP contribution in [0.1, 0.15) is 32.1 Å². The maximum Gasteiger partial charge on any atom is 0.303 e. The minimum Gasteiger partial charge on any atom is -0.481 e. The van der Waals surface area contributed by atoms with Gasteiger partial charge in [-0.05, 0) is 19.3 Å². The van der Waals surface area contributed by atoms with Gasteiger partial charge in [-0.15, -0.1) is 0 Å². The third-order valence-electron chi connectivity index (χ3n) is 1.70. The third-order valence-corrected chi connectivity index (χ3v) is 1.70. The van der Waals surface area contributed by atoms with Crippen molar-refractivity contribution < 1.29 is 19.8 Å². The average molecular weight is 203 g/mol. The molecule has 1 amide bonds. The van der Waals surface area contributed by atoms with E-state index in [2.05, 4.69) is 5.32 Å². The number of carbonyl (C=O) groups is 2. The number of aliphatic carboxylic acids is 1. The summed E-state index contributed by atoms with van der Waals surface area (Å²) >= 11 is 0. The Balaban J connectivity index is 3.22. The summed E-state index contributed by atoms with van der Waals surface area (Å²) in [5.74, 6) is -0.927. The molecule has 0 atom stereocenters. The van der Waals surface area contributed by atoms with Gasteiger partial charge < -0.3 is 15.5 Å². The van der Waals surface area contributed by atoms with Crippen LogP contribution in [-0.4, -0.2) is 35.2 Å². The first-order chi connectivity index (χ1) is 6.66. The predicted octanol–water partition coefficient (Wildman–Crippen LogP) is 0.130. The van der Waals surface area contributed by atoms with E-state index in [0.717, 1.165) is 0 Å². The molecule has 0 aromatic rings. The van der Waals surface area contributed by atoms with Crippen molar-refractivity contribution in [2.45, 2.75) is 32.1 Å². The van der Waals surface area contributed by atoms with E-state index < -0.39 is 5.97 Å². The van der Waals surface area contributed by atoms with Crippen molar-refractivity contribution in [1.82, 2.24) is 5.32 Å². The van der Waals surface area contributed by atoms with Gasteiger partial charge in [0.05, 0.1) is 0 Å². The van der Waals surface area contributed by atoms with Crippen LogP contribution in [-0.2, 0) is 9.59 Å². The fourth-order valence-corrected chi connectivity index (χ4v) is 0.953. The SMILES string of the molecule is O=C(O)CCCNC(=O)CCCCO. The van der Waals surface area contributed by atoms with E-state index in [1.165, 1.54) is 0 Å². The van der Waals surface area contributed by atoms with Gasteiger partial charge in [-0.3, -0.25) is 9.59 Å². The van der Waals surface area contributed by atoms with Crippen LogP contribution in [0.15, 0.2) is 0 Å². The number of carbonyl (C=O) groups excluding carboxylic acids is 1. The molecule has 0 aliphatic rings. The van der Waals surface area contributed by atoms with E-state index >= 15 is 0 Å². The van der Waals surface area contributed by atoms with Gasteiger partial charge in [-0.25, -0.2) is 0 Å². The number of carboxylic acids is 1. The number of hydrogen-bond donors (Lipinski definition) is 3. The smallest absolute Gasteiger partial charge is 0.303 e. The van der Waals surface area contributed by atoms with Crippen molar-refractivity contribution in [3.63, 3.8) is 0 Å². The summed E-state index contributed by atoms with van der Waals surface area (Å²) in [4.78, 5) is 21.1. The normalized spacial score (nSPS) is 9.79. The zero-order valence-corrected chi connectivity index (χ0v) is 8.16. The lowest BCUT2D eigenvalue weighted by Crippen LogP contribution is -2.24. The predicted molar refractivity (Wildman–Crippen MR) is 50.8 cm³/mol. The van der Waals surface area contributed by atoms with Crippen LogP contribution in [0.2, 0.25) is 0 Å². The van der Waals surface area contributed by atoms with Gasteiger partial charge in [-0.2, -0.15) is 0 Å². The molecule has 5 nitrogen and oxygen atoms in total. The monoisotopic (exact) mass is 203 g/mol. The molecule has 14 heavy (non-hydrogen) atoms. The molecule has 0 bridgehead atoms. The second-order valence-electron chi connectivity index (χ2n) is 3.03. The maximum absolute atomic E-state index is 11.0. The van der Waals surface area contributed by atoms with Gasteiger partial charge in [0, 0.05) is 26.0 Å². The molecular weight excluding hydrogens is 186 g/mol. The Morgan fingerprint density at radius 3 is 2.36 bits per heavy atom. The van der Waals surface area contributed by atoms with Gasteiger partial charge >= 0.3 is 5.97 Å². The van der Waals surface area contributed by atoms with Crippen LogP contribution in [0, 0.1) is 0 Å². The van der Waals surface area contributed by atoms with Crippen molar-refractivity contribution in [1.29, 1.82) is 0 Å². The van der Waals surface area contributed by atoms with Crippen molar-refractivity contribution >= 4 is 11.9 Å². The quantitative estimate of drug-likeness (QED) is 0.489. The Morgan fingerprint density at radius 2 is 1.79 bits per heavy atom. The van der Waals surface area contributed by atoms with E-state index in [0.29, 0.717) is 32.2 Å². The minimum atomic E-state index is -0.848. The summed E-state index contributed by atoms with van der Waals surface area (Å²) in [6.45, 7) is 0.510. The molecule has 5 heteroatoms. The fraction of sp³-hybridized carbons (Fsp3) is 0.778. The Bertz CT molecular complexity index is 182. The van der Waals surface area contributed by atoms with Crippen LogP contribution in [0.3, 0.4) is 0 Å². The number of hydrogen-bond acceptors (Lipinski definition) is 3. The summed E-state index contributed by atoms with van der Waals surface area (Å²) in [5, 5.41) is 19.4. The van der Waals surface area contributed by atoms with E-state index in [9.17, 15) is 9.59 Å². The molecule has 0 fully saturated rings. The molecule has 0 saturated carbocycles. The van der Waals surface area contributed by atoms with Crippen LogP contribution in [0.4, 0.5) is 0 Å². The molecule has 0 aliphatic heterocycles. The molecule has 82 valence electrons. The molecule has 0 heterocycles. The summed E-state index contributed by atoms with van der Waals surface area (Å²) < 4.78 is 0. The molecule has 0 rings (SSSR count). The van der Waals surface area contributed by atoms with Gasteiger partial charge in [0.25, 0.3) is 0 Å². The standard InChI is InChI=1S/C9H17NO4/c11-7-2-1-4-8(12)10-6-3-5-9(13)14/h11H,1-7H2,(H,10,12)(H,13,14). The van der Waals surface area contributed by atoms with Crippen LogP contribution in [0.5, 0.6) is 0 Å². The van der Waals surface area contributed by atoms with E-state index in [4.69, 9.17) is 10.2 Å². The van der Waals surface area contributed by atoms with E-state index in [-0.39, 0.29) is 18.9 Å². The first-order valence-electron chi connectivity index (χ1n) is 4.76.